The Morgan fingerprint density at radius 3 is 2.68 bits per heavy atom. The summed E-state index contributed by atoms with van der Waals surface area (Å²) in [4.78, 5) is 10.1. The number of hydrogen-bond acceptors (Lipinski definition) is 4. The van der Waals surface area contributed by atoms with Gasteiger partial charge in [0.05, 0.1) is 4.88 Å². The number of nitrogens with zero attached hydrogens (tertiary/aromatic N) is 2. The minimum atomic E-state index is 0.794. The maximum atomic E-state index is 4.58. The minimum absolute atomic E-state index is 0.794. The number of hydrogen-bond donors (Lipinski definition) is 1. The average Bonchev–Trinajstić information content (AvgIpc) is 3.14. The molecule has 0 aliphatic heterocycles. The highest BCUT2D eigenvalue weighted by Gasteiger charge is 2.07. The van der Waals surface area contributed by atoms with E-state index in [1.807, 2.05) is 24.5 Å². The van der Waals surface area contributed by atoms with Gasteiger partial charge in [-0.1, -0.05) is 48.5 Å². The molecule has 4 aromatic rings. The molecular weight excluding hydrogens is 326 g/mol. The third-order valence-corrected chi connectivity index (χ3v) is 5.20. The molecule has 4 rings (SSSR count). The second kappa shape index (κ2) is 7.55. The van der Waals surface area contributed by atoms with Crippen molar-refractivity contribution in [2.45, 2.75) is 13.0 Å². The van der Waals surface area contributed by atoms with Crippen molar-refractivity contribution in [3.8, 4) is 10.4 Å². The van der Waals surface area contributed by atoms with E-state index < -0.39 is 0 Å². The van der Waals surface area contributed by atoms with Crippen LogP contribution in [0.5, 0.6) is 0 Å². The van der Waals surface area contributed by atoms with Crippen LogP contribution in [-0.4, -0.2) is 16.5 Å². The molecule has 25 heavy (non-hydrogen) atoms. The van der Waals surface area contributed by atoms with Crippen LogP contribution in [0.2, 0.25) is 0 Å². The van der Waals surface area contributed by atoms with Crippen molar-refractivity contribution in [3.05, 3.63) is 83.8 Å². The van der Waals surface area contributed by atoms with Crippen LogP contribution >= 0.6 is 11.3 Å². The van der Waals surface area contributed by atoms with Crippen molar-refractivity contribution < 1.29 is 0 Å². The molecule has 0 atom stereocenters. The van der Waals surface area contributed by atoms with E-state index in [1.165, 1.54) is 21.2 Å². The predicted octanol–water partition coefficient (Wildman–Crippen LogP) is 4.69. The number of benzene rings is 2. The molecule has 124 valence electrons. The van der Waals surface area contributed by atoms with Crippen LogP contribution in [0.15, 0.2) is 73.1 Å². The van der Waals surface area contributed by atoms with E-state index >= 15 is 0 Å². The van der Waals surface area contributed by atoms with Gasteiger partial charge in [0, 0.05) is 43.2 Å². The zero-order chi connectivity index (χ0) is 16.9. The maximum Gasteiger partial charge on any atom is 0.107 e. The molecule has 2 aromatic carbocycles. The second-order valence-electron chi connectivity index (χ2n) is 5.89. The van der Waals surface area contributed by atoms with E-state index in [0.29, 0.717) is 0 Å². The first-order valence-electron chi connectivity index (χ1n) is 8.43. The molecule has 4 heteroatoms. The van der Waals surface area contributed by atoms with Gasteiger partial charge >= 0.3 is 0 Å². The Balaban J connectivity index is 1.42. The summed E-state index contributed by atoms with van der Waals surface area (Å²) in [5.41, 5.74) is 2.38. The summed E-state index contributed by atoms with van der Waals surface area (Å²) < 4.78 is 0. The lowest BCUT2D eigenvalue weighted by molar-refractivity contribution is 0.677. The lowest BCUT2D eigenvalue weighted by Gasteiger charge is -2.04. The number of rotatable bonds is 6. The Bertz CT molecular complexity index is 958. The molecule has 0 radical (unpaired) electrons. The quantitative estimate of drug-likeness (QED) is 0.515. The van der Waals surface area contributed by atoms with E-state index in [0.717, 1.165) is 30.2 Å². The van der Waals surface area contributed by atoms with Crippen molar-refractivity contribution in [3.63, 3.8) is 0 Å². The molecule has 2 heterocycles. The smallest absolute Gasteiger partial charge is 0.107 e. The monoisotopic (exact) mass is 345 g/mol. The van der Waals surface area contributed by atoms with Gasteiger partial charge < -0.3 is 5.32 Å². The van der Waals surface area contributed by atoms with Gasteiger partial charge in [0.15, 0.2) is 0 Å². The van der Waals surface area contributed by atoms with Gasteiger partial charge in [-0.2, -0.15) is 0 Å². The highest BCUT2D eigenvalue weighted by Crippen LogP contribution is 2.32. The standard InChI is InChI=1S/C21H19N3S/c1-2-9-18-16(6-1)7-5-10-19(18)20-14-24-21(25-20)15-22-13-11-17-8-3-4-12-23-17/h1-10,12,14,22H,11,13,15H2. The molecule has 0 fully saturated rings. The zero-order valence-corrected chi connectivity index (χ0v) is 14.7. The van der Waals surface area contributed by atoms with Gasteiger partial charge in [-0.15, -0.1) is 11.3 Å². The highest BCUT2D eigenvalue weighted by molar-refractivity contribution is 7.15. The van der Waals surface area contributed by atoms with Gasteiger partial charge in [-0.3, -0.25) is 4.98 Å². The molecule has 0 aliphatic carbocycles. The Morgan fingerprint density at radius 2 is 1.76 bits per heavy atom. The van der Waals surface area contributed by atoms with Gasteiger partial charge in [0.2, 0.25) is 0 Å². The summed E-state index contributed by atoms with van der Waals surface area (Å²) in [6, 6.07) is 21.0. The first kappa shape index (κ1) is 15.9. The van der Waals surface area contributed by atoms with Crippen LogP contribution < -0.4 is 5.32 Å². The fourth-order valence-electron chi connectivity index (χ4n) is 2.91. The van der Waals surface area contributed by atoms with E-state index in [4.69, 9.17) is 0 Å². The van der Waals surface area contributed by atoms with Crippen LogP contribution in [0, 0.1) is 0 Å². The molecule has 0 saturated heterocycles. The third-order valence-electron chi connectivity index (χ3n) is 4.17. The minimum Gasteiger partial charge on any atom is -0.310 e. The van der Waals surface area contributed by atoms with Crippen LogP contribution in [0.4, 0.5) is 0 Å². The highest BCUT2D eigenvalue weighted by atomic mass is 32.1. The summed E-state index contributed by atoms with van der Waals surface area (Å²) in [5.74, 6) is 0. The number of pyridine rings is 1. The van der Waals surface area contributed by atoms with Crippen molar-refractivity contribution in [1.82, 2.24) is 15.3 Å². The molecule has 0 saturated carbocycles. The average molecular weight is 345 g/mol. The fourth-order valence-corrected chi connectivity index (χ4v) is 3.84. The largest absolute Gasteiger partial charge is 0.310 e. The van der Waals surface area contributed by atoms with Crippen molar-refractivity contribution in [1.29, 1.82) is 0 Å². The first-order chi connectivity index (χ1) is 12.4. The topological polar surface area (TPSA) is 37.8 Å². The Morgan fingerprint density at radius 1 is 0.880 bits per heavy atom. The van der Waals surface area contributed by atoms with Crippen LogP contribution in [0.25, 0.3) is 21.2 Å². The summed E-state index contributed by atoms with van der Waals surface area (Å²) in [6.45, 7) is 1.70. The molecule has 0 unspecified atom stereocenters. The molecule has 0 bridgehead atoms. The van der Waals surface area contributed by atoms with E-state index in [9.17, 15) is 0 Å². The van der Waals surface area contributed by atoms with Crippen molar-refractivity contribution in [2.75, 3.05) is 6.54 Å². The van der Waals surface area contributed by atoms with Gasteiger partial charge in [-0.25, -0.2) is 4.98 Å². The van der Waals surface area contributed by atoms with Gasteiger partial charge in [-0.05, 0) is 22.9 Å². The first-order valence-corrected chi connectivity index (χ1v) is 9.25. The number of thiazole rings is 1. The molecule has 0 aliphatic rings. The zero-order valence-electron chi connectivity index (χ0n) is 13.9. The van der Waals surface area contributed by atoms with Crippen LogP contribution in [0.1, 0.15) is 10.7 Å². The molecule has 0 spiro atoms. The fraction of sp³-hybridized carbons (Fsp3) is 0.143. The normalized spacial score (nSPS) is 11.0. The molecule has 3 nitrogen and oxygen atoms in total. The molecule has 2 aromatic heterocycles. The Labute approximate surface area is 151 Å². The Kier molecular flexibility index (Phi) is 4.81. The van der Waals surface area contributed by atoms with Gasteiger partial charge in [0.25, 0.3) is 0 Å². The number of nitrogens with one attached hydrogen (secondary N) is 1. The second-order valence-corrected chi connectivity index (χ2v) is 7.01. The molecule has 0 amide bonds. The third kappa shape index (κ3) is 3.76. The summed E-state index contributed by atoms with van der Waals surface area (Å²) in [7, 11) is 0. The summed E-state index contributed by atoms with van der Waals surface area (Å²) in [6.07, 6.45) is 4.76. The SMILES string of the molecule is c1ccc(CCNCc2ncc(-c3cccc4ccccc34)s2)nc1. The summed E-state index contributed by atoms with van der Waals surface area (Å²) >= 11 is 1.76. The van der Waals surface area contributed by atoms with Crippen LogP contribution in [-0.2, 0) is 13.0 Å². The van der Waals surface area contributed by atoms with Crippen molar-refractivity contribution in [2.24, 2.45) is 0 Å². The molecular formula is C21H19N3S. The number of fused-ring (bicyclic) bond motifs is 1. The summed E-state index contributed by atoms with van der Waals surface area (Å²) in [5, 5.41) is 7.12. The lowest BCUT2D eigenvalue weighted by Crippen LogP contribution is -2.16. The van der Waals surface area contributed by atoms with Crippen LogP contribution in [0.3, 0.4) is 0 Å². The molecule has 1 N–H and O–H groups in total. The van der Waals surface area contributed by atoms with E-state index in [-0.39, 0.29) is 0 Å². The lowest BCUT2D eigenvalue weighted by atomic mass is 10.0. The predicted molar refractivity (Wildman–Crippen MR) is 105 cm³/mol. The van der Waals surface area contributed by atoms with E-state index in [1.54, 1.807) is 11.3 Å². The van der Waals surface area contributed by atoms with E-state index in [2.05, 4.69) is 63.8 Å². The van der Waals surface area contributed by atoms with Crippen molar-refractivity contribution >= 4 is 22.1 Å². The Hall–Kier alpha value is -2.56. The number of aromatic nitrogens is 2. The van der Waals surface area contributed by atoms with Gasteiger partial charge in [0.1, 0.15) is 5.01 Å². The maximum absolute atomic E-state index is 4.58.